The molecule has 7 nitrogen and oxygen atoms in total. The van der Waals surface area contributed by atoms with Crippen LogP contribution in [0.4, 0.5) is 5.69 Å². The first-order valence-corrected chi connectivity index (χ1v) is 10.00. The summed E-state index contributed by atoms with van der Waals surface area (Å²) in [6.07, 6.45) is 1.11. The Bertz CT molecular complexity index is 670. The zero-order chi connectivity index (χ0) is 20.1. The molecular weight excluding hydrogens is 360 g/mol. The maximum atomic E-state index is 12.4. The van der Waals surface area contributed by atoms with Gasteiger partial charge in [-0.3, -0.25) is 9.59 Å². The minimum Gasteiger partial charge on any atom is -0.394 e. The number of anilines is 1. The fraction of sp³-hybridized carbons (Fsp3) is 0.619. The van der Waals surface area contributed by atoms with Gasteiger partial charge in [0.2, 0.25) is 11.8 Å². The van der Waals surface area contributed by atoms with E-state index in [0.717, 1.165) is 24.1 Å². The number of rotatable bonds is 6. The number of ether oxygens (including phenoxy) is 2. The van der Waals surface area contributed by atoms with Gasteiger partial charge in [0.1, 0.15) is 12.7 Å². The van der Waals surface area contributed by atoms with Gasteiger partial charge in [0, 0.05) is 31.4 Å². The van der Waals surface area contributed by atoms with Gasteiger partial charge in [-0.25, -0.2) is 0 Å². The maximum absolute atomic E-state index is 12.4. The summed E-state index contributed by atoms with van der Waals surface area (Å²) < 4.78 is 11.1. The van der Waals surface area contributed by atoms with Crippen LogP contribution in [0.15, 0.2) is 24.3 Å². The normalized spacial score (nSPS) is 23.9. The molecule has 2 aliphatic heterocycles. The Morgan fingerprint density at radius 2 is 1.93 bits per heavy atom. The third kappa shape index (κ3) is 4.90. The summed E-state index contributed by atoms with van der Waals surface area (Å²) in [6, 6.07) is 7.04. The molecule has 2 saturated heterocycles. The van der Waals surface area contributed by atoms with Crippen molar-refractivity contribution in [1.82, 2.24) is 4.90 Å². The van der Waals surface area contributed by atoms with E-state index >= 15 is 0 Å². The van der Waals surface area contributed by atoms with E-state index in [0.29, 0.717) is 25.7 Å². The average Bonchev–Trinajstić information content (AvgIpc) is 2.70. The van der Waals surface area contributed by atoms with Gasteiger partial charge in [0.15, 0.2) is 0 Å². The van der Waals surface area contributed by atoms with Crippen LogP contribution < -0.4 is 5.32 Å². The van der Waals surface area contributed by atoms with Gasteiger partial charge in [-0.1, -0.05) is 26.0 Å². The molecule has 2 unspecified atom stereocenters. The summed E-state index contributed by atoms with van der Waals surface area (Å²) in [6.45, 7) is 5.78. The number of carbonyl (C=O) groups is 2. The van der Waals surface area contributed by atoms with Crippen LogP contribution in [0.5, 0.6) is 0 Å². The van der Waals surface area contributed by atoms with Crippen LogP contribution in [0.3, 0.4) is 0 Å². The fourth-order valence-electron chi connectivity index (χ4n) is 3.81. The summed E-state index contributed by atoms with van der Waals surface area (Å²) in [5.74, 6) is 0.222. The lowest BCUT2D eigenvalue weighted by Gasteiger charge is -2.41. The van der Waals surface area contributed by atoms with Crippen LogP contribution in [-0.2, 0) is 19.1 Å². The van der Waals surface area contributed by atoms with Crippen molar-refractivity contribution in [2.75, 3.05) is 38.3 Å². The number of aliphatic hydroxyl groups excluding tert-OH is 1. The molecule has 7 heteroatoms. The van der Waals surface area contributed by atoms with Gasteiger partial charge in [0.25, 0.3) is 0 Å². The third-order valence-corrected chi connectivity index (χ3v) is 5.30. The molecular formula is C21H30N2O5. The number of carbonyl (C=O) groups excluding carboxylic acids is 2. The lowest BCUT2D eigenvalue weighted by molar-refractivity contribution is -0.161. The molecule has 2 atom stereocenters. The Morgan fingerprint density at radius 1 is 1.25 bits per heavy atom. The molecule has 2 N–H and O–H groups in total. The quantitative estimate of drug-likeness (QED) is 0.775. The molecule has 28 heavy (non-hydrogen) atoms. The van der Waals surface area contributed by atoms with Gasteiger partial charge in [-0.05, 0) is 36.5 Å². The summed E-state index contributed by atoms with van der Waals surface area (Å²) in [5, 5.41) is 12.9. The molecule has 0 spiro atoms. The number of hydrogen-bond acceptors (Lipinski definition) is 5. The van der Waals surface area contributed by atoms with Crippen molar-refractivity contribution in [3.05, 3.63) is 29.8 Å². The van der Waals surface area contributed by atoms with Gasteiger partial charge < -0.3 is 24.8 Å². The van der Waals surface area contributed by atoms with E-state index in [1.165, 1.54) is 0 Å². The SMILES string of the molecule is CC(C)CN1C(=O)COC(c2ccc(NC(=O)C3CCOCC3)cc2)C1CO. The van der Waals surface area contributed by atoms with Crippen molar-refractivity contribution in [3.8, 4) is 0 Å². The third-order valence-electron chi connectivity index (χ3n) is 5.30. The van der Waals surface area contributed by atoms with Crippen molar-refractivity contribution in [1.29, 1.82) is 0 Å². The Kier molecular flexibility index (Phi) is 7.04. The van der Waals surface area contributed by atoms with Crippen LogP contribution in [0, 0.1) is 11.8 Å². The predicted octanol–water partition coefficient (Wildman–Crippen LogP) is 1.97. The van der Waals surface area contributed by atoms with Gasteiger partial charge >= 0.3 is 0 Å². The van der Waals surface area contributed by atoms with E-state index in [-0.39, 0.29) is 37.0 Å². The Labute approximate surface area is 166 Å². The number of nitrogens with one attached hydrogen (secondary N) is 1. The van der Waals surface area contributed by atoms with E-state index in [1.54, 1.807) is 4.90 Å². The molecule has 0 bridgehead atoms. The lowest BCUT2D eigenvalue weighted by Crippen LogP contribution is -2.53. The second-order valence-electron chi connectivity index (χ2n) is 7.92. The van der Waals surface area contributed by atoms with Gasteiger partial charge in [-0.15, -0.1) is 0 Å². The Balaban J connectivity index is 1.67. The van der Waals surface area contributed by atoms with E-state index in [1.807, 2.05) is 38.1 Å². The number of nitrogens with zero attached hydrogens (tertiary/aromatic N) is 1. The monoisotopic (exact) mass is 390 g/mol. The topological polar surface area (TPSA) is 88.1 Å². The molecule has 0 saturated carbocycles. The molecule has 1 aromatic rings. The van der Waals surface area contributed by atoms with Crippen LogP contribution in [-0.4, -0.2) is 60.8 Å². The number of morpholine rings is 1. The predicted molar refractivity (Wildman–Crippen MR) is 105 cm³/mol. The number of aliphatic hydroxyl groups is 1. The largest absolute Gasteiger partial charge is 0.394 e. The van der Waals surface area contributed by atoms with Gasteiger partial charge in [0.05, 0.1) is 12.6 Å². The van der Waals surface area contributed by atoms with Crippen molar-refractivity contribution in [2.24, 2.45) is 11.8 Å². The molecule has 2 heterocycles. The number of amides is 2. The smallest absolute Gasteiger partial charge is 0.249 e. The molecule has 0 aliphatic carbocycles. The molecule has 154 valence electrons. The molecule has 1 aromatic carbocycles. The van der Waals surface area contributed by atoms with Crippen molar-refractivity contribution in [2.45, 2.75) is 38.8 Å². The minimum absolute atomic E-state index is 0.00974. The lowest BCUT2D eigenvalue weighted by atomic mass is 9.97. The van der Waals surface area contributed by atoms with Crippen molar-refractivity contribution < 1.29 is 24.2 Å². The molecule has 2 fully saturated rings. The van der Waals surface area contributed by atoms with E-state index in [4.69, 9.17) is 9.47 Å². The standard InChI is InChI=1S/C21H30N2O5/c1-14(2)11-23-18(12-24)20(28-13-19(23)25)15-3-5-17(6-4-15)22-21(26)16-7-9-27-10-8-16/h3-6,14,16,18,20,24H,7-13H2,1-2H3,(H,22,26). The van der Waals surface area contributed by atoms with Crippen LogP contribution in [0.1, 0.15) is 38.4 Å². The van der Waals surface area contributed by atoms with Crippen molar-refractivity contribution in [3.63, 3.8) is 0 Å². The average molecular weight is 390 g/mol. The summed E-state index contributed by atoms with van der Waals surface area (Å²) in [7, 11) is 0. The van der Waals surface area contributed by atoms with E-state index in [9.17, 15) is 14.7 Å². The highest BCUT2D eigenvalue weighted by atomic mass is 16.5. The summed E-state index contributed by atoms with van der Waals surface area (Å²) in [4.78, 5) is 26.3. The second-order valence-corrected chi connectivity index (χ2v) is 7.92. The fourth-order valence-corrected chi connectivity index (χ4v) is 3.81. The van der Waals surface area contributed by atoms with Crippen LogP contribution >= 0.6 is 0 Å². The first-order chi connectivity index (χ1) is 13.5. The Morgan fingerprint density at radius 3 is 2.54 bits per heavy atom. The highest BCUT2D eigenvalue weighted by molar-refractivity contribution is 5.92. The van der Waals surface area contributed by atoms with E-state index in [2.05, 4.69) is 5.32 Å². The summed E-state index contributed by atoms with van der Waals surface area (Å²) >= 11 is 0. The molecule has 0 radical (unpaired) electrons. The van der Waals surface area contributed by atoms with Crippen LogP contribution in [0.25, 0.3) is 0 Å². The highest BCUT2D eigenvalue weighted by Crippen LogP contribution is 2.30. The zero-order valence-electron chi connectivity index (χ0n) is 16.6. The summed E-state index contributed by atoms with van der Waals surface area (Å²) in [5.41, 5.74) is 1.61. The molecule has 0 aromatic heterocycles. The first-order valence-electron chi connectivity index (χ1n) is 10.00. The first kappa shape index (κ1) is 20.8. The molecule has 3 rings (SSSR count). The van der Waals surface area contributed by atoms with E-state index < -0.39 is 6.04 Å². The highest BCUT2D eigenvalue weighted by Gasteiger charge is 2.37. The molecule has 2 aliphatic rings. The number of benzene rings is 1. The molecule has 2 amide bonds. The van der Waals surface area contributed by atoms with Crippen LogP contribution in [0.2, 0.25) is 0 Å². The van der Waals surface area contributed by atoms with Crippen molar-refractivity contribution >= 4 is 17.5 Å². The number of hydrogen-bond donors (Lipinski definition) is 2. The Hall–Kier alpha value is -1.96. The maximum Gasteiger partial charge on any atom is 0.249 e. The van der Waals surface area contributed by atoms with Gasteiger partial charge in [-0.2, -0.15) is 0 Å². The zero-order valence-corrected chi connectivity index (χ0v) is 16.6. The second kappa shape index (κ2) is 9.49. The minimum atomic E-state index is -0.411.